The Kier molecular flexibility index (Phi) is 4.11. The Morgan fingerprint density at radius 1 is 0.579 bits per heavy atom. The van der Waals surface area contributed by atoms with Gasteiger partial charge in [0, 0.05) is 31.3 Å². The van der Waals surface area contributed by atoms with Crippen LogP contribution in [0.4, 0.5) is 0 Å². The molecule has 180 valence electrons. The predicted molar refractivity (Wildman–Crippen MR) is 159 cm³/mol. The largest absolute Gasteiger partial charge is 0.226 e. The molecule has 0 saturated heterocycles. The highest BCUT2D eigenvalue weighted by Crippen LogP contribution is 2.40. The van der Waals surface area contributed by atoms with Gasteiger partial charge < -0.3 is 0 Å². The third-order valence-electron chi connectivity index (χ3n) is 6.20. The van der Waals surface area contributed by atoms with Crippen LogP contribution < -0.4 is 0 Å². The molecule has 3 nitrogen and oxygen atoms in total. The van der Waals surface area contributed by atoms with Crippen LogP contribution in [-0.2, 0) is 0 Å². The zero-order valence-corrected chi connectivity index (χ0v) is 21.2. The van der Waals surface area contributed by atoms with Crippen LogP contribution in [0, 0.1) is 0 Å². The molecule has 2 aromatic heterocycles. The van der Waals surface area contributed by atoms with Crippen LogP contribution in [0.15, 0.2) is 121 Å². The molecule has 7 aromatic rings. The molecule has 0 amide bonds. The first kappa shape index (κ1) is 16.5. The summed E-state index contributed by atoms with van der Waals surface area (Å²) in [5.74, 6) is 0.694. The molecule has 2 heterocycles. The molecular weight excluding hydrogens is 506 g/mol. The first-order valence-corrected chi connectivity index (χ1v) is 12.9. The molecule has 5 heteroatoms. The number of halogens is 1. The average molecular weight is 533 g/mol. The van der Waals surface area contributed by atoms with Crippen LogP contribution in [0.25, 0.3) is 65.2 Å². The van der Waals surface area contributed by atoms with Crippen molar-refractivity contribution in [1.82, 2.24) is 15.0 Å². The van der Waals surface area contributed by atoms with Crippen molar-refractivity contribution in [2.45, 2.75) is 0 Å². The molecule has 0 unspecified atom stereocenters. The first-order chi connectivity index (χ1) is 21.6. The highest BCUT2D eigenvalue weighted by Gasteiger charge is 2.13. The van der Waals surface area contributed by atoms with Gasteiger partial charge in [-0.05, 0) is 46.0 Å². The molecule has 38 heavy (non-hydrogen) atoms. The molecule has 7 rings (SSSR count). The van der Waals surface area contributed by atoms with E-state index in [-0.39, 0.29) is 57.0 Å². The molecule has 0 atom stereocenters. The van der Waals surface area contributed by atoms with Crippen molar-refractivity contribution < 1.29 is 9.60 Å². The fourth-order valence-corrected chi connectivity index (χ4v) is 5.64. The number of hydrogen-bond donors (Lipinski definition) is 0. The molecule has 0 aliphatic rings. The molecule has 0 spiro atoms. The third-order valence-corrected chi connectivity index (χ3v) is 7.50. The summed E-state index contributed by atoms with van der Waals surface area (Å²) < 4.78 is 60.0. The number of nitrogens with zero attached hydrogens (tertiary/aromatic N) is 3. The van der Waals surface area contributed by atoms with Crippen LogP contribution in [0.3, 0.4) is 0 Å². The van der Waals surface area contributed by atoms with E-state index in [4.69, 9.17) is 26.2 Å². The SMILES string of the molecule is [2H]c1c([2H])c([2H])c2c(sc3c(-c4cccc(-c5nc(Cl)nc(-c6ccc(-c7ccccc7)cc6)n5)c4)c([2H])c([2H])c([2H])c32)c1[2H]. The number of rotatable bonds is 4. The van der Waals surface area contributed by atoms with Crippen LogP contribution in [0.5, 0.6) is 0 Å². The van der Waals surface area contributed by atoms with E-state index in [1.807, 2.05) is 54.6 Å². The lowest BCUT2D eigenvalue weighted by atomic mass is 10.0. The molecule has 0 N–H and O–H groups in total. The van der Waals surface area contributed by atoms with Crippen molar-refractivity contribution in [1.29, 1.82) is 0 Å². The quantitative estimate of drug-likeness (QED) is 0.226. The van der Waals surface area contributed by atoms with E-state index < -0.39 is 6.04 Å². The molecule has 5 aromatic carbocycles. The fourth-order valence-electron chi connectivity index (χ4n) is 4.40. The summed E-state index contributed by atoms with van der Waals surface area (Å²) in [4.78, 5) is 13.4. The van der Waals surface area contributed by atoms with E-state index >= 15 is 0 Å². The van der Waals surface area contributed by atoms with E-state index in [1.54, 1.807) is 24.3 Å². The number of fused-ring (bicyclic) bond motifs is 3. The highest BCUT2D eigenvalue weighted by atomic mass is 35.5. The Labute approximate surface area is 238 Å². The third kappa shape index (κ3) is 4.14. The number of thiophene rings is 1. The van der Waals surface area contributed by atoms with Gasteiger partial charge in [-0.1, -0.05) is 109 Å². The molecule has 0 saturated carbocycles. The molecular formula is C33H20ClN3S. The van der Waals surface area contributed by atoms with Crippen LogP contribution >= 0.6 is 22.9 Å². The zero-order chi connectivity index (χ0) is 31.6. The summed E-state index contributed by atoms with van der Waals surface area (Å²) in [7, 11) is 0. The first-order valence-electron chi connectivity index (χ1n) is 15.2. The Bertz CT molecular complexity index is 2310. The minimum Gasteiger partial charge on any atom is -0.208 e. The number of benzene rings is 5. The maximum absolute atomic E-state index is 8.83. The zero-order valence-electron chi connectivity index (χ0n) is 26.6. The molecule has 0 radical (unpaired) electrons. The van der Waals surface area contributed by atoms with Gasteiger partial charge in [0.1, 0.15) is 0 Å². The summed E-state index contributed by atoms with van der Waals surface area (Å²) in [6, 6.07) is 22.9. The fraction of sp³-hybridized carbons (Fsp3) is 0. The maximum atomic E-state index is 8.83. The van der Waals surface area contributed by atoms with Gasteiger partial charge in [0.05, 0.1) is 9.60 Å². The van der Waals surface area contributed by atoms with Gasteiger partial charge in [-0.3, -0.25) is 0 Å². The Hall–Kier alpha value is -4.38. The van der Waals surface area contributed by atoms with Crippen molar-refractivity contribution in [2.75, 3.05) is 0 Å². The smallest absolute Gasteiger partial charge is 0.208 e. The van der Waals surface area contributed by atoms with Crippen LogP contribution in [-0.4, -0.2) is 15.0 Å². The van der Waals surface area contributed by atoms with E-state index in [0.717, 1.165) is 28.0 Å². The Morgan fingerprint density at radius 2 is 1.24 bits per heavy atom. The summed E-state index contributed by atoms with van der Waals surface area (Å²) in [6.07, 6.45) is 0. The van der Waals surface area contributed by atoms with Crippen molar-refractivity contribution in [3.05, 3.63) is 126 Å². The van der Waals surface area contributed by atoms with E-state index in [2.05, 4.69) is 9.97 Å². The minimum atomic E-state index is -0.408. The lowest BCUT2D eigenvalue weighted by Gasteiger charge is -2.09. The summed E-state index contributed by atoms with van der Waals surface area (Å²) in [5, 5.41) is 0.424. The highest BCUT2D eigenvalue weighted by molar-refractivity contribution is 7.26. The number of hydrogen-bond acceptors (Lipinski definition) is 4. The van der Waals surface area contributed by atoms with Crippen LogP contribution in [0.2, 0.25) is 5.28 Å². The molecule has 0 aliphatic heterocycles. The lowest BCUT2D eigenvalue weighted by molar-refractivity contribution is 1.07. The predicted octanol–water partition coefficient (Wildman–Crippen LogP) is 9.56. The standard InChI is InChI=1S/C33H20ClN3S/c34-33-36-31(23-18-16-22(17-19-23)21-8-2-1-3-9-21)35-32(37-33)25-11-6-10-24(20-25)26-13-7-14-28-27-12-4-5-15-29(27)38-30(26)28/h1-20H/i4D,5D,7D,12D,13D,14D,15D. The van der Waals surface area contributed by atoms with Gasteiger partial charge >= 0.3 is 0 Å². The average Bonchev–Trinajstić information content (AvgIpc) is 3.46. The molecule has 0 fully saturated rings. The van der Waals surface area contributed by atoms with Gasteiger partial charge in [-0.2, -0.15) is 9.97 Å². The van der Waals surface area contributed by atoms with Gasteiger partial charge in [0.2, 0.25) is 5.28 Å². The van der Waals surface area contributed by atoms with Crippen molar-refractivity contribution in [3.8, 4) is 45.0 Å². The van der Waals surface area contributed by atoms with Crippen molar-refractivity contribution in [3.63, 3.8) is 0 Å². The summed E-state index contributed by atoms with van der Waals surface area (Å²) in [6.45, 7) is 0. The summed E-state index contributed by atoms with van der Waals surface area (Å²) in [5.41, 5.74) is 4.36. The van der Waals surface area contributed by atoms with Crippen molar-refractivity contribution >= 4 is 43.1 Å². The summed E-state index contributed by atoms with van der Waals surface area (Å²) >= 11 is 7.46. The second-order valence-electron chi connectivity index (χ2n) is 8.54. The molecule has 0 aliphatic carbocycles. The number of aromatic nitrogens is 3. The lowest BCUT2D eigenvalue weighted by Crippen LogP contribution is -1.97. The second-order valence-corrected chi connectivity index (χ2v) is 9.89. The molecule has 0 bridgehead atoms. The van der Waals surface area contributed by atoms with Gasteiger partial charge in [0.25, 0.3) is 0 Å². The maximum Gasteiger partial charge on any atom is 0.226 e. The Balaban J connectivity index is 1.37. The second kappa shape index (κ2) is 9.49. The van der Waals surface area contributed by atoms with Crippen molar-refractivity contribution in [2.24, 2.45) is 0 Å². The van der Waals surface area contributed by atoms with E-state index in [1.165, 1.54) is 0 Å². The van der Waals surface area contributed by atoms with Gasteiger partial charge in [-0.25, -0.2) is 4.98 Å². The van der Waals surface area contributed by atoms with E-state index in [9.17, 15) is 0 Å². The van der Waals surface area contributed by atoms with Gasteiger partial charge in [-0.15, -0.1) is 11.3 Å². The van der Waals surface area contributed by atoms with E-state index in [0.29, 0.717) is 33.0 Å². The minimum absolute atomic E-state index is 0.0102. The van der Waals surface area contributed by atoms with Crippen LogP contribution in [0.1, 0.15) is 9.60 Å². The topological polar surface area (TPSA) is 38.7 Å². The van der Waals surface area contributed by atoms with Gasteiger partial charge in [0.15, 0.2) is 11.6 Å². The normalized spacial score (nSPS) is 13.9. The Morgan fingerprint density at radius 3 is 2.08 bits per heavy atom. The monoisotopic (exact) mass is 532 g/mol.